The maximum atomic E-state index is 11.9. The number of hydrogen-bond acceptors (Lipinski definition) is 5. The van der Waals surface area contributed by atoms with Crippen LogP contribution in [-0.4, -0.2) is 40.8 Å². The number of benzene rings is 1. The lowest BCUT2D eigenvalue weighted by Gasteiger charge is -2.16. The van der Waals surface area contributed by atoms with Crippen LogP contribution in [0.15, 0.2) is 30.5 Å². The largest absolute Gasteiger partial charge is 0.470 e. The predicted molar refractivity (Wildman–Crippen MR) is 87.7 cm³/mol. The van der Waals surface area contributed by atoms with Crippen LogP contribution in [0.1, 0.15) is 5.56 Å². The van der Waals surface area contributed by atoms with Gasteiger partial charge in [0.1, 0.15) is 5.75 Å². The molecule has 114 valence electrons. The zero-order valence-electron chi connectivity index (χ0n) is 12.1. The van der Waals surface area contributed by atoms with Crippen LogP contribution in [0.3, 0.4) is 0 Å². The van der Waals surface area contributed by atoms with Gasteiger partial charge in [0.2, 0.25) is 5.44 Å². The number of hydrogen-bond donors (Lipinski definition) is 2. The van der Waals surface area contributed by atoms with Crippen molar-refractivity contribution in [3.05, 3.63) is 36.0 Å². The van der Waals surface area contributed by atoms with E-state index in [-0.39, 0.29) is 19.1 Å². The van der Waals surface area contributed by atoms with Crippen molar-refractivity contribution in [1.82, 2.24) is 10.3 Å². The number of thioether (sulfide) groups is 1. The quantitative estimate of drug-likeness (QED) is 0.622. The first-order valence-corrected chi connectivity index (χ1v) is 7.91. The number of fused-ring (bicyclic) bond motifs is 1. The molecule has 1 heterocycles. The van der Waals surface area contributed by atoms with Crippen molar-refractivity contribution in [3.8, 4) is 18.1 Å². The molecule has 0 aliphatic carbocycles. The van der Waals surface area contributed by atoms with Gasteiger partial charge in [-0.05, 0) is 30.5 Å². The Morgan fingerprint density at radius 3 is 3.05 bits per heavy atom. The zero-order valence-corrected chi connectivity index (χ0v) is 12.9. The first-order valence-electron chi connectivity index (χ1n) is 6.62. The summed E-state index contributed by atoms with van der Waals surface area (Å²) in [6, 6.07) is 7.21. The van der Waals surface area contributed by atoms with Gasteiger partial charge in [-0.2, -0.15) is 0 Å². The second kappa shape index (κ2) is 7.69. The summed E-state index contributed by atoms with van der Waals surface area (Å²) >= 11 is 1.27. The first kappa shape index (κ1) is 16.1. The Kier molecular flexibility index (Phi) is 5.64. The fourth-order valence-electron chi connectivity index (χ4n) is 1.86. The predicted octanol–water partition coefficient (Wildman–Crippen LogP) is 1.39. The summed E-state index contributed by atoms with van der Waals surface area (Å²) in [7, 11) is 0. The second-order valence-electron chi connectivity index (χ2n) is 4.42. The summed E-state index contributed by atoms with van der Waals surface area (Å²) in [5, 5.41) is 12.2. The summed E-state index contributed by atoms with van der Waals surface area (Å²) in [5.74, 6) is 2.81. The molecule has 0 radical (unpaired) electrons. The van der Waals surface area contributed by atoms with E-state index in [1.807, 2.05) is 12.1 Å². The van der Waals surface area contributed by atoms with E-state index in [4.69, 9.17) is 16.3 Å². The van der Waals surface area contributed by atoms with Crippen molar-refractivity contribution in [2.75, 3.05) is 19.4 Å². The van der Waals surface area contributed by atoms with E-state index in [0.717, 1.165) is 10.9 Å². The number of carbonyl (C=O) groups excluding carboxylic acids is 1. The van der Waals surface area contributed by atoms with Gasteiger partial charge in [0.05, 0.1) is 12.1 Å². The van der Waals surface area contributed by atoms with Gasteiger partial charge in [0, 0.05) is 23.7 Å². The number of amides is 1. The van der Waals surface area contributed by atoms with Crippen LogP contribution < -0.4 is 10.1 Å². The molecule has 22 heavy (non-hydrogen) atoms. The highest BCUT2D eigenvalue weighted by molar-refractivity contribution is 7.99. The SMILES string of the molecule is C#Cc1cnc2ccc(OC(SC)C(=O)NCCO)cc2c1. The average molecular weight is 316 g/mol. The summed E-state index contributed by atoms with van der Waals surface area (Å²) in [5.41, 5.74) is 0.802. The Hall–Kier alpha value is -2.23. The van der Waals surface area contributed by atoms with E-state index in [9.17, 15) is 4.79 Å². The monoisotopic (exact) mass is 316 g/mol. The Labute approximate surface area is 133 Å². The topological polar surface area (TPSA) is 71.5 Å². The lowest BCUT2D eigenvalue weighted by Crippen LogP contribution is -2.37. The molecule has 0 aliphatic heterocycles. The minimum absolute atomic E-state index is 0.108. The maximum Gasteiger partial charge on any atom is 0.271 e. The van der Waals surface area contributed by atoms with Crippen LogP contribution in [0, 0.1) is 12.3 Å². The van der Waals surface area contributed by atoms with Crippen LogP contribution in [0.2, 0.25) is 0 Å². The summed E-state index contributed by atoms with van der Waals surface area (Å²) in [6.07, 6.45) is 8.78. The van der Waals surface area contributed by atoms with Gasteiger partial charge in [-0.25, -0.2) is 0 Å². The maximum absolute atomic E-state index is 11.9. The minimum Gasteiger partial charge on any atom is -0.470 e. The van der Waals surface area contributed by atoms with Crippen molar-refractivity contribution in [1.29, 1.82) is 0 Å². The molecule has 1 atom stereocenters. The number of ether oxygens (including phenoxy) is 1. The second-order valence-corrected chi connectivity index (χ2v) is 5.32. The average Bonchev–Trinajstić information content (AvgIpc) is 2.56. The Bertz CT molecular complexity index is 712. The van der Waals surface area contributed by atoms with Gasteiger partial charge in [-0.15, -0.1) is 18.2 Å². The zero-order chi connectivity index (χ0) is 15.9. The molecule has 2 N–H and O–H groups in total. The number of nitrogens with one attached hydrogen (secondary N) is 1. The number of aliphatic hydroxyl groups excluding tert-OH is 1. The molecular formula is C16H16N2O3S. The molecule has 0 bridgehead atoms. The van der Waals surface area contributed by atoms with Crippen molar-refractivity contribution >= 4 is 28.6 Å². The van der Waals surface area contributed by atoms with Crippen molar-refractivity contribution in [2.24, 2.45) is 0 Å². The fourth-order valence-corrected chi connectivity index (χ4v) is 2.36. The van der Waals surface area contributed by atoms with E-state index in [1.54, 1.807) is 24.6 Å². The summed E-state index contributed by atoms with van der Waals surface area (Å²) in [6.45, 7) is 0.0930. The van der Waals surface area contributed by atoms with Crippen LogP contribution >= 0.6 is 11.8 Å². The van der Waals surface area contributed by atoms with Gasteiger partial charge in [0.25, 0.3) is 5.91 Å². The highest BCUT2D eigenvalue weighted by atomic mass is 32.2. The van der Waals surface area contributed by atoms with E-state index in [0.29, 0.717) is 11.3 Å². The number of aliphatic hydroxyl groups is 1. The van der Waals surface area contributed by atoms with Gasteiger partial charge >= 0.3 is 0 Å². The summed E-state index contributed by atoms with van der Waals surface area (Å²) in [4.78, 5) is 16.2. The van der Waals surface area contributed by atoms with Crippen LogP contribution in [0.5, 0.6) is 5.75 Å². The molecule has 0 spiro atoms. The third-order valence-corrected chi connectivity index (χ3v) is 3.64. The van der Waals surface area contributed by atoms with E-state index >= 15 is 0 Å². The van der Waals surface area contributed by atoms with Crippen LogP contribution in [0.25, 0.3) is 10.9 Å². The smallest absolute Gasteiger partial charge is 0.271 e. The fraction of sp³-hybridized carbons (Fsp3) is 0.250. The van der Waals surface area contributed by atoms with E-state index in [1.165, 1.54) is 11.8 Å². The van der Waals surface area contributed by atoms with Crippen LogP contribution in [-0.2, 0) is 4.79 Å². The molecule has 0 fully saturated rings. The molecule has 2 rings (SSSR count). The minimum atomic E-state index is -0.687. The molecule has 1 amide bonds. The molecule has 1 aromatic carbocycles. The number of rotatable bonds is 6. The first-order chi connectivity index (χ1) is 10.7. The number of nitrogens with zero attached hydrogens (tertiary/aromatic N) is 1. The normalized spacial score (nSPS) is 11.7. The molecule has 2 aromatic rings. The Morgan fingerprint density at radius 2 is 2.36 bits per heavy atom. The molecule has 1 aromatic heterocycles. The molecule has 0 saturated heterocycles. The van der Waals surface area contributed by atoms with Crippen LogP contribution in [0.4, 0.5) is 0 Å². The molecule has 0 aliphatic rings. The lowest BCUT2D eigenvalue weighted by atomic mass is 10.1. The third kappa shape index (κ3) is 3.91. The van der Waals surface area contributed by atoms with Gasteiger partial charge in [-0.3, -0.25) is 9.78 Å². The number of pyridine rings is 1. The number of terminal acetylenes is 1. The molecule has 0 saturated carbocycles. The van der Waals surface area contributed by atoms with Crippen molar-refractivity contribution in [2.45, 2.75) is 5.44 Å². The summed E-state index contributed by atoms with van der Waals surface area (Å²) < 4.78 is 5.69. The van der Waals surface area contributed by atoms with Gasteiger partial charge in [0.15, 0.2) is 0 Å². The highest BCUT2D eigenvalue weighted by Gasteiger charge is 2.18. The Morgan fingerprint density at radius 1 is 1.55 bits per heavy atom. The highest BCUT2D eigenvalue weighted by Crippen LogP contribution is 2.23. The number of aromatic nitrogens is 1. The number of carbonyl (C=O) groups is 1. The van der Waals surface area contributed by atoms with E-state index in [2.05, 4.69) is 16.2 Å². The Balaban J connectivity index is 2.19. The molecular weight excluding hydrogens is 300 g/mol. The van der Waals surface area contributed by atoms with Crippen molar-refractivity contribution < 1.29 is 14.6 Å². The van der Waals surface area contributed by atoms with Crippen molar-refractivity contribution in [3.63, 3.8) is 0 Å². The van der Waals surface area contributed by atoms with Gasteiger partial charge < -0.3 is 15.2 Å². The standard InChI is InChI=1S/C16H16N2O3S/c1-3-11-8-12-9-13(4-5-14(12)18-10-11)21-16(22-2)15(20)17-6-7-19/h1,4-5,8-10,16,19H,6-7H2,2H3,(H,17,20). The van der Waals surface area contributed by atoms with Gasteiger partial charge in [-0.1, -0.05) is 5.92 Å². The molecule has 1 unspecified atom stereocenters. The molecule has 5 nitrogen and oxygen atoms in total. The molecule has 6 heteroatoms. The van der Waals surface area contributed by atoms with E-state index < -0.39 is 5.44 Å². The lowest BCUT2D eigenvalue weighted by molar-refractivity contribution is -0.124. The third-order valence-electron chi connectivity index (χ3n) is 2.90.